The molecule has 1 aliphatic rings. The average Bonchev–Trinajstić information content (AvgIpc) is 3.13. The monoisotopic (exact) mass is 343 g/mol. The van der Waals surface area contributed by atoms with E-state index in [2.05, 4.69) is 9.97 Å². The zero-order chi connectivity index (χ0) is 18.0. The van der Waals surface area contributed by atoms with E-state index in [0.29, 0.717) is 16.8 Å². The molecule has 25 heavy (non-hydrogen) atoms. The molecule has 0 N–H and O–H groups in total. The Labute approximate surface area is 143 Å². The zero-order valence-electron chi connectivity index (χ0n) is 14.1. The molecule has 3 rings (SSSR count). The number of aromatic nitrogens is 3. The molecule has 0 amide bonds. The summed E-state index contributed by atoms with van der Waals surface area (Å²) >= 11 is 0. The maximum absolute atomic E-state index is 12.3. The largest absolute Gasteiger partial charge is 0.461 e. The lowest BCUT2D eigenvalue weighted by molar-refractivity contribution is -0.152. The third-order valence-electron chi connectivity index (χ3n) is 3.86. The summed E-state index contributed by atoms with van der Waals surface area (Å²) in [5.41, 5.74) is 1.80. The topological polar surface area (TPSA) is 92.5 Å². The highest BCUT2D eigenvalue weighted by molar-refractivity contribution is 6.11. The molecule has 2 aromatic heterocycles. The van der Waals surface area contributed by atoms with Gasteiger partial charge in [-0.25, -0.2) is 19.6 Å². The lowest BCUT2D eigenvalue weighted by Gasteiger charge is -2.14. The molecule has 0 aromatic carbocycles. The minimum atomic E-state index is -0.867. The van der Waals surface area contributed by atoms with E-state index in [1.54, 1.807) is 39.2 Å². The number of ether oxygens (including phenoxy) is 3. The van der Waals surface area contributed by atoms with Gasteiger partial charge < -0.3 is 14.2 Å². The van der Waals surface area contributed by atoms with Crippen molar-refractivity contribution in [2.45, 2.75) is 27.1 Å². The molecule has 8 nitrogen and oxygen atoms in total. The van der Waals surface area contributed by atoms with E-state index in [1.165, 1.54) is 17.2 Å². The second kappa shape index (κ2) is 6.76. The van der Waals surface area contributed by atoms with Crippen LogP contribution in [0.3, 0.4) is 0 Å². The Bertz CT molecular complexity index is 897. The average molecular weight is 343 g/mol. The summed E-state index contributed by atoms with van der Waals surface area (Å²) < 4.78 is 17.3. The summed E-state index contributed by atoms with van der Waals surface area (Å²) in [5, 5.41) is 0.761. The summed E-state index contributed by atoms with van der Waals surface area (Å²) in [6.45, 7) is 5.32. The summed E-state index contributed by atoms with van der Waals surface area (Å²) in [7, 11) is 0. The van der Waals surface area contributed by atoms with Crippen molar-refractivity contribution in [3.05, 3.63) is 42.2 Å². The van der Waals surface area contributed by atoms with Crippen LogP contribution in [0.25, 0.3) is 16.7 Å². The van der Waals surface area contributed by atoms with Crippen LogP contribution in [0.15, 0.2) is 42.2 Å². The number of nitrogens with zero attached hydrogens (tertiary/aromatic N) is 3. The molecule has 1 atom stereocenters. The zero-order valence-corrected chi connectivity index (χ0v) is 14.1. The third kappa shape index (κ3) is 3.10. The van der Waals surface area contributed by atoms with Gasteiger partial charge in [0.05, 0.1) is 6.61 Å². The lowest BCUT2D eigenvalue weighted by atomic mass is 10.2. The highest BCUT2D eigenvalue weighted by Gasteiger charge is 2.29. The van der Waals surface area contributed by atoms with E-state index in [4.69, 9.17) is 14.2 Å². The fourth-order valence-electron chi connectivity index (χ4n) is 2.35. The van der Waals surface area contributed by atoms with Crippen molar-refractivity contribution in [2.24, 2.45) is 0 Å². The number of hydrogen-bond acceptors (Lipinski definition) is 7. The van der Waals surface area contributed by atoms with Crippen LogP contribution in [0.4, 0.5) is 0 Å². The van der Waals surface area contributed by atoms with E-state index in [0.717, 1.165) is 5.39 Å². The Morgan fingerprint density at radius 3 is 2.92 bits per heavy atom. The van der Waals surface area contributed by atoms with Crippen molar-refractivity contribution in [3.8, 4) is 0 Å². The van der Waals surface area contributed by atoms with Crippen LogP contribution in [-0.4, -0.2) is 39.4 Å². The maximum Gasteiger partial charge on any atom is 0.358 e. The Morgan fingerprint density at radius 1 is 1.44 bits per heavy atom. The van der Waals surface area contributed by atoms with Gasteiger partial charge in [0.1, 0.15) is 18.2 Å². The third-order valence-corrected chi connectivity index (χ3v) is 3.86. The molecule has 0 saturated carbocycles. The standard InChI is InChI=1S/C17H17N3O5/c1-4-23-16(22)13(8-24-17-11(3)10(2)15(21)25-17)20-6-5-12-7-18-9-19-14(12)20/h5-9,17H,4H2,1-3H3/b13-8-. The lowest BCUT2D eigenvalue weighted by Crippen LogP contribution is -2.16. The van der Waals surface area contributed by atoms with Gasteiger partial charge in [0.2, 0.25) is 0 Å². The number of carbonyl (C=O) groups excluding carboxylic acids is 2. The predicted octanol–water partition coefficient (Wildman–Crippen LogP) is 2.03. The molecular weight excluding hydrogens is 326 g/mol. The predicted molar refractivity (Wildman–Crippen MR) is 87.8 cm³/mol. The van der Waals surface area contributed by atoms with E-state index in [1.807, 2.05) is 0 Å². The van der Waals surface area contributed by atoms with Crippen LogP contribution in [0.5, 0.6) is 0 Å². The maximum atomic E-state index is 12.3. The number of rotatable bonds is 5. The molecule has 1 unspecified atom stereocenters. The molecule has 0 saturated heterocycles. The Morgan fingerprint density at radius 2 is 2.24 bits per heavy atom. The smallest absolute Gasteiger partial charge is 0.358 e. The molecule has 1 aliphatic heterocycles. The first-order chi connectivity index (χ1) is 12.0. The fraction of sp³-hybridized carbons (Fsp3) is 0.294. The van der Waals surface area contributed by atoms with Crippen molar-refractivity contribution in [2.75, 3.05) is 6.61 Å². The molecule has 130 valence electrons. The van der Waals surface area contributed by atoms with E-state index >= 15 is 0 Å². The van der Waals surface area contributed by atoms with Gasteiger partial charge in [-0.05, 0) is 26.8 Å². The molecule has 8 heteroatoms. The van der Waals surface area contributed by atoms with Crippen molar-refractivity contribution in [1.82, 2.24) is 14.5 Å². The number of esters is 2. The second-order valence-corrected chi connectivity index (χ2v) is 5.39. The molecular formula is C17H17N3O5. The first-order valence-electron chi connectivity index (χ1n) is 7.71. The van der Waals surface area contributed by atoms with Gasteiger partial charge >= 0.3 is 11.9 Å². The number of fused-ring (bicyclic) bond motifs is 1. The van der Waals surface area contributed by atoms with Gasteiger partial charge in [0.15, 0.2) is 5.70 Å². The first kappa shape index (κ1) is 16.7. The molecule has 0 spiro atoms. The fourth-order valence-corrected chi connectivity index (χ4v) is 2.35. The summed E-state index contributed by atoms with van der Waals surface area (Å²) in [5.74, 6) is -1.02. The highest BCUT2D eigenvalue weighted by atomic mass is 16.7. The first-order valence-corrected chi connectivity index (χ1v) is 7.71. The SMILES string of the molecule is CCOC(=O)/C(=C/OC1OC(=O)C(C)=C1C)n1ccc2cncnc21. The number of cyclic esters (lactones) is 1. The highest BCUT2D eigenvalue weighted by Crippen LogP contribution is 2.24. The van der Waals surface area contributed by atoms with Gasteiger partial charge in [-0.2, -0.15) is 0 Å². The minimum Gasteiger partial charge on any atom is -0.461 e. The molecule has 3 heterocycles. The molecule has 0 radical (unpaired) electrons. The van der Waals surface area contributed by atoms with Crippen LogP contribution in [0, 0.1) is 0 Å². The van der Waals surface area contributed by atoms with E-state index in [-0.39, 0.29) is 12.3 Å². The Kier molecular flexibility index (Phi) is 4.51. The van der Waals surface area contributed by atoms with Crippen LogP contribution >= 0.6 is 0 Å². The van der Waals surface area contributed by atoms with Crippen LogP contribution < -0.4 is 0 Å². The van der Waals surface area contributed by atoms with Crippen LogP contribution in [0.1, 0.15) is 20.8 Å². The Hall–Kier alpha value is -3.16. The van der Waals surface area contributed by atoms with Crippen LogP contribution in [0.2, 0.25) is 0 Å². The molecule has 0 bridgehead atoms. The summed E-state index contributed by atoms with van der Waals surface area (Å²) in [6.07, 6.45) is 5.04. The van der Waals surface area contributed by atoms with Gasteiger partial charge in [-0.3, -0.25) is 4.57 Å². The van der Waals surface area contributed by atoms with Crippen molar-refractivity contribution < 1.29 is 23.8 Å². The molecule has 2 aromatic rings. The quantitative estimate of drug-likeness (QED) is 0.466. The summed E-state index contributed by atoms with van der Waals surface area (Å²) in [4.78, 5) is 32.1. The number of carbonyl (C=O) groups is 2. The van der Waals surface area contributed by atoms with Gasteiger partial charge in [-0.1, -0.05) is 0 Å². The van der Waals surface area contributed by atoms with Gasteiger partial charge in [0, 0.05) is 28.9 Å². The van der Waals surface area contributed by atoms with Crippen molar-refractivity contribution in [3.63, 3.8) is 0 Å². The van der Waals surface area contributed by atoms with Crippen molar-refractivity contribution >= 4 is 28.7 Å². The summed E-state index contributed by atoms with van der Waals surface area (Å²) in [6, 6.07) is 1.77. The van der Waals surface area contributed by atoms with Gasteiger partial charge in [-0.15, -0.1) is 0 Å². The molecule has 0 aliphatic carbocycles. The van der Waals surface area contributed by atoms with Crippen LogP contribution in [-0.2, 0) is 23.8 Å². The molecule has 0 fully saturated rings. The van der Waals surface area contributed by atoms with Gasteiger partial charge in [0.25, 0.3) is 6.29 Å². The van der Waals surface area contributed by atoms with Crippen molar-refractivity contribution in [1.29, 1.82) is 0 Å². The second-order valence-electron chi connectivity index (χ2n) is 5.39. The van der Waals surface area contributed by atoms with E-state index < -0.39 is 18.2 Å². The van der Waals surface area contributed by atoms with E-state index in [9.17, 15) is 9.59 Å². The normalized spacial score (nSPS) is 17.8. The number of hydrogen-bond donors (Lipinski definition) is 0. The Balaban J connectivity index is 1.96. The minimum absolute atomic E-state index is 0.115.